The van der Waals surface area contributed by atoms with Crippen LogP contribution < -0.4 is 10.2 Å². The molecule has 0 aliphatic carbocycles. The van der Waals surface area contributed by atoms with Gasteiger partial charge in [0.25, 0.3) is 0 Å². The van der Waals surface area contributed by atoms with Crippen molar-refractivity contribution in [2.24, 2.45) is 17.3 Å². The molecule has 1 aromatic heterocycles. The number of hydrogen-bond acceptors (Lipinski definition) is 5. The summed E-state index contributed by atoms with van der Waals surface area (Å²) >= 11 is 0. The van der Waals surface area contributed by atoms with Crippen LogP contribution in [0.1, 0.15) is 46.9 Å². The van der Waals surface area contributed by atoms with E-state index in [1.807, 2.05) is 0 Å². The van der Waals surface area contributed by atoms with E-state index in [2.05, 4.69) is 55.0 Å². The minimum atomic E-state index is 0.344. The van der Waals surface area contributed by atoms with Crippen LogP contribution in [-0.2, 0) is 6.54 Å². The van der Waals surface area contributed by atoms with Crippen LogP contribution in [0.5, 0.6) is 0 Å². The van der Waals surface area contributed by atoms with Crippen molar-refractivity contribution < 1.29 is 4.42 Å². The molecule has 1 unspecified atom stereocenters. The lowest BCUT2D eigenvalue weighted by Gasteiger charge is -2.26. The van der Waals surface area contributed by atoms with Gasteiger partial charge >= 0.3 is 6.01 Å². The minimum Gasteiger partial charge on any atom is -0.407 e. The number of anilines is 1. The molecule has 0 saturated carbocycles. The molecule has 20 heavy (non-hydrogen) atoms. The van der Waals surface area contributed by atoms with Crippen LogP contribution in [-0.4, -0.2) is 29.8 Å². The largest absolute Gasteiger partial charge is 0.407 e. The van der Waals surface area contributed by atoms with Crippen molar-refractivity contribution in [3.63, 3.8) is 0 Å². The highest BCUT2D eigenvalue weighted by Crippen LogP contribution is 2.35. The molecule has 2 rings (SSSR count). The Balaban J connectivity index is 1.87. The first-order valence-corrected chi connectivity index (χ1v) is 7.64. The van der Waals surface area contributed by atoms with Crippen molar-refractivity contribution in [3.8, 4) is 0 Å². The third kappa shape index (κ3) is 3.95. The zero-order chi connectivity index (χ0) is 14.8. The predicted molar refractivity (Wildman–Crippen MR) is 80.6 cm³/mol. The Morgan fingerprint density at radius 3 is 2.70 bits per heavy atom. The van der Waals surface area contributed by atoms with Crippen LogP contribution in [0.15, 0.2) is 4.42 Å². The summed E-state index contributed by atoms with van der Waals surface area (Å²) < 4.78 is 5.75. The SMILES string of the molecule is CC(C)CNCc1nnc(N2CCC(C(C)(C)C)C2)o1. The van der Waals surface area contributed by atoms with Gasteiger partial charge in [-0.15, -0.1) is 5.10 Å². The van der Waals surface area contributed by atoms with Crippen molar-refractivity contribution in [1.29, 1.82) is 0 Å². The maximum Gasteiger partial charge on any atom is 0.318 e. The van der Waals surface area contributed by atoms with E-state index in [1.54, 1.807) is 0 Å². The van der Waals surface area contributed by atoms with E-state index < -0.39 is 0 Å². The summed E-state index contributed by atoms with van der Waals surface area (Å²) in [6.07, 6.45) is 1.20. The zero-order valence-electron chi connectivity index (χ0n) is 13.4. The molecule has 1 aliphatic rings. The molecule has 2 heterocycles. The van der Waals surface area contributed by atoms with Crippen LogP contribution in [0, 0.1) is 17.3 Å². The number of nitrogens with zero attached hydrogens (tertiary/aromatic N) is 3. The Kier molecular flexibility index (Phi) is 4.68. The number of aromatic nitrogens is 2. The highest BCUT2D eigenvalue weighted by Gasteiger charge is 2.33. The molecule has 0 bridgehead atoms. The molecule has 1 atom stereocenters. The van der Waals surface area contributed by atoms with Gasteiger partial charge in [0.2, 0.25) is 5.89 Å². The van der Waals surface area contributed by atoms with Gasteiger partial charge in [-0.25, -0.2) is 0 Å². The van der Waals surface area contributed by atoms with E-state index >= 15 is 0 Å². The van der Waals surface area contributed by atoms with Crippen molar-refractivity contribution in [1.82, 2.24) is 15.5 Å². The summed E-state index contributed by atoms with van der Waals surface area (Å²) in [6.45, 7) is 14.9. The maximum absolute atomic E-state index is 5.75. The lowest BCUT2D eigenvalue weighted by atomic mass is 9.80. The molecule has 5 heteroatoms. The summed E-state index contributed by atoms with van der Waals surface area (Å²) in [4.78, 5) is 2.22. The average molecular weight is 280 g/mol. The second kappa shape index (κ2) is 6.12. The molecular weight excluding hydrogens is 252 g/mol. The standard InChI is InChI=1S/C15H28N4O/c1-11(2)8-16-9-13-17-18-14(20-13)19-7-6-12(10-19)15(3,4)5/h11-12,16H,6-10H2,1-5H3. The molecule has 1 N–H and O–H groups in total. The van der Waals surface area contributed by atoms with Gasteiger partial charge in [-0.2, -0.15) is 0 Å². The first-order valence-electron chi connectivity index (χ1n) is 7.64. The molecule has 114 valence electrons. The molecular formula is C15H28N4O. The first kappa shape index (κ1) is 15.3. The van der Waals surface area contributed by atoms with Crippen LogP contribution >= 0.6 is 0 Å². The minimum absolute atomic E-state index is 0.344. The van der Waals surface area contributed by atoms with Crippen LogP contribution in [0.4, 0.5) is 6.01 Å². The third-order valence-electron chi connectivity index (χ3n) is 3.97. The second-order valence-corrected chi connectivity index (χ2v) is 7.30. The lowest BCUT2D eigenvalue weighted by molar-refractivity contribution is 0.263. The summed E-state index contributed by atoms with van der Waals surface area (Å²) in [5.41, 5.74) is 0.344. The van der Waals surface area contributed by atoms with E-state index in [-0.39, 0.29) is 0 Å². The molecule has 5 nitrogen and oxygen atoms in total. The Labute approximate surface area is 122 Å². The molecule has 0 aromatic carbocycles. The number of rotatable bonds is 5. The van der Waals surface area contributed by atoms with Crippen molar-refractivity contribution in [2.45, 2.75) is 47.6 Å². The van der Waals surface area contributed by atoms with E-state index in [9.17, 15) is 0 Å². The third-order valence-corrected chi connectivity index (χ3v) is 3.97. The smallest absolute Gasteiger partial charge is 0.318 e. The predicted octanol–water partition coefficient (Wildman–Crippen LogP) is 2.69. The highest BCUT2D eigenvalue weighted by molar-refractivity contribution is 5.26. The van der Waals surface area contributed by atoms with E-state index in [1.165, 1.54) is 6.42 Å². The topological polar surface area (TPSA) is 54.2 Å². The van der Waals surface area contributed by atoms with Gasteiger partial charge in [0, 0.05) is 13.1 Å². The fraction of sp³-hybridized carbons (Fsp3) is 0.867. The lowest BCUT2D eigenvalue weighted by Crippen LogP contribution is -2.26. The Morgan fingerprint density at radius 2 is 2.10 bits per heavy atom. The van der Waals surface area contributed by atoms with Gasteiger partial charge in [-0.05, 0) is 30.2 Å². The van der Waals surface area contributed by atoms with Crippen molar-refractivity contribution >= 4 is 6.01 Å². The quantitative estimate of drug-likeness (QED) is 0.898. The molecule has 0 amide bonds. The molecule has 1 fully saturated rings. The molecule has 1 aromatic rings. The van der Waals surface area contributed by atoms with Gasteiger partial charge in [0.1, 0.15) is 0 Å². The highest BCUT2D eigenvalue weighted by atomic mass is 16.4. The van der Waals surface area contributed by atoms with E-state index in [0.717, 1.165) is 19.6 Å². The van der Waals surface area contributed by atoms with Gasteiger partial charge in [-0.1, -0.05) is 39.7 Å². The van der Waals surface area contributed by atoms with Crippen LogP contribution in [0.25, 0.3) is 0 Å². The van der Waals surface area contributed by atoms with Gasteiger partial charge < -0.3 is 14.6 Å². The van der Waals surface area contributed by atoms with E-state index in [0.29, 0.717) is 35.7 Å². The van der Waals surface area contributed by atoms with Gasteiger partial charge in [0.15, 0.2) is 0 Å². The summed E-state index contributed by atoms with van der Waals surface area (Å²) in [5.74, 6) is 2.00. The second-order valence-electron chi connectivity index (χ2n) is 7.30. The molecule has 1 aliphatic heterocycles. The van der Waals surface area contributed by atoms with Gasteiger partial charge in [-0.3, -0.25) is 0 Å². The number of hydrogen-bond donors (Lipinski definition) is 1. The van der Waals surface area contributed by atoms with E-state index in [4.69, 9.17) is 4.42 Å². The fourth-order valence-corrected chi connectivity index (χ4v) is 2.55. The Morgan fingerprint density at radius 1 is 1.35 bits per heavy atom. The summed E-state index contributed by atoms with van der Waals surface area (Å²) in [5, 5.41) is 11.6. The molecule has 0 radical (unpaired) electrons. The zero-order valence-corrected chi connectivity index (χ0v) is 13.4. The van der Waals surface area contributed by atoms with Crippen LogP contribution in [0.3, 0.4) is 0 Å². The first-order chi connectivity index (χ1) is 9.36. The van der Waals surface area contributed by atoms with Crippen molar-refractivity contribution in [2.75, 3.05) is 24.5 Å². The number of nitrogens with one attached hydrogen (secondary N) is 1. The Bertz CT molecular complexity index is 422. The van der Waals surface area contributed by atoms with Gasteiger partial charge in [0.05, 0.1) is 6.54 Å². The average Bonchev–Trinajstić information content (AvgIpc) is 2.94. The fourth-order valence-electron chi connectivity index (χ4n) is 2.55. The summed E-state index contributed by atoms with van der Waals surface area (Å²) in [7, 11) is 0. The Hall–Kier alpha value is -1.10. The maximum atomic E-state index is 5.75. The molecule has 0 spiro atoms. The monoisotopic (exact) mass is 280 g/mol. The van der Waals surface area contributed by atoms with Crippen molar-refractivity contribution in [3.05, 3.63) is 5.89 Å². The molecule has 1 saturated heterocycles. The van der Waals surface area contributed by atoms with Crippen LogP contribution in [0.2, 0.25) is 0 Å². The normalized spacial score (nSPS) is 20.1. The summed E-state index contributed by atoms with van der Waals surface area (Å²) in [6, 6.07) is 0.679.